The largest absolute Gasteiger partial charge is 0.351 e. The van der Waals surface area contributed by atoms with Gasteiger partial charge in [0.2, 0.25) is 0 Å². The van der Waals surface area contributed by atoms with Gasteiger partial charge in [-0.2, -0.15) is 0 Å². The molecule has 2 rings (SSSR count). The molecule has 0 saturated carbocycles. The van der Waals surface area contributed by atoms with Gasteiger partial charge in [-0.15, -0.1) is 12.4 Å². The zero-order chi connectivity index (χ0) is 13.9. The second-order valence-corrected chi connectivity index (χ2v) is 6.32. The molecular weight excluding hydrogens is 347 g/mol. The maximum atomic E-state index is 13.2. The maximum Gasteiger partial charge on any atom is 0.251 e. The Morgan fingerprint density at radius 2 is 2.05 bits per heavy atom. The van der Waals surface area contributed by atoms with Crippen LogP contribution in [0.4, 0.5) is 4.39 Å². The summed E-state index contributed by atoms with van der Waals surface area (Å²) >= 11 is 3.19. The number of piperidine rings is 1. The number of carbonyl (C=O) groups excluding carboxylic acids is 1. The molecule has 0 aromatic heterocycles. The summed E-state index contributed by atoms with van der Waals surface area (Å²) in [5.41, 5.74) is 0.482. The molecule has 1 fully saturated rings. The number of amides is 1. The van der Waals surface area contributed by atoms with Gasteiger partial charge in [0, 0.05) is 16.6 Å². The minimum atomic E-state index is -0.410. The van der Waals surface area contributed by atoms with Crippen LogP contribution in [0.15, 0.2) is 22.7 Å². The predicted molar refractivity (Wildman–Crippen MR) is 83.9 cm³/mol. The SMILES string of the molecule is CC1(CNC(=O)c2cc(F)cc(Br)c2)CCNCC1.Cl. The maximum absolute atomic E-state index is 13.2. The molecule has 1 aliphatic rings. The van der Waals surface area contributed by atoms with E-state index in [1.807, 2.05) is 0 Å². The third-order valence-corrected chi connectivity index (χ3v) is 4.07. The molecule has 1 aromatic carbocycles. The molecule has 0 bridgehead atoms. The van der Waals surface area contributed by atoms with Crippen molar-refractivity contribution in [2.24, 2.45) is 5.41 Å². The topological polar surface area (TPSA) is 41.1 Å². The Balaban J connectivity index is 0.00000200. The van der Waals surface area contributed by atoms with E-state index >= 15 is 0 Å². The number of nitrogens with one attached hydrogen (secondary N) is 2. The molecule has 2 N–H and O–H groups in total. The van der Waals surface area contributed by atoms with Gasteiger partial charge in [-0.3, -0.25) is 4.79 Å². The second kappa shape index (κ2) is 7.38. The standard InChI is InChI=1S/C14H18BrFN2O.ClH/c1-14(2-4-17-5-3-14)9-18-13(19)10-6-11(15)8-12(16)7-10;/h6-8,17H,2-5,9H2,1H3,(H,18,19);1H. The summed E-state index contributed by atoms with van der Waals surface area (Å²) in [7, 11) is 0. The second-order valence-electron chi connectivity index (χ2n) is 5.40. The quantitative estimate of drug-likeness (QED) is 0.864. The Kier molecular flexibility index (Phi) is 6.43. The van der Waals surface area contributed by atoms with E-state index in [0.29, 0.717) is 16.6 Å². The number of benzene rings is 1. The first-order valence-electron chi connectivity index (χ1n) is 6.44. The zero-order valence-electron chi connectivity index (χ0n) is 11.3. The van der Waals surface area contributed by atoms with E-state index < -0.39 is 5.82 Å². The van der Waals surface area contributed by atoms with Gasteiger partial charge >= 0.3 is 0 Å². The smallest absolute Gasteiger partial charge is 0.251 e. The number of hydrogen-bond acceptors (Lipinski definition) is 2. The van der Waals surface area contributed by atoms with Crippen molar-refractivity contribution in [3.05, 3.63) is 34.1 Å². The van der Waals surface area contributed by atoms with Crippen LogP contribution in [0.1, 0.15) is 30.1 Å². The Labute approximate surface area is 133 Å². The van der Waals surface area contributed by atoms with Crippen molar-refractivity contribution in [3.8, 4) is 0 Å². The van der Waals surface area contributed by atoms with Gasteiger partial charge in [0.25, 0.3) is 5.91 Å². The minimum absolute atomic E-state index is 0. The number of carbonyl (C=O) groups is 1. The monoisotopic (exact) mass is 364 g/mol. The van der Waals surface area contributed by atoms with Crippen LogP contribution in [-0.2, 0) is 0 Å². The molecule has 1 aliphatic heterocycles. The lowest BCUT2D eigenvalue weighted by Crippen LogP contribution is -2.42. The molecule has 112 valence electrons. The van der Waals surface area contributed by atoms with Crippen molar-refractivity contribution < 1.29 is 9.18 Å². The lowest BCUT2D eigenvalue weighted by atomic mass is 9.81. The highest BCUT2D eigenvalue weighted by Gasteiger charge is 2.27. The normalized spacial score (nSPS) is 17.1. The Hall–Kier alpha value is -0.650. The highest BCUT2D eigenvalue weighted by Crippen LogP contribution is 2.26. The van der Waals surface area contributed by atoms with Crippen LogP contribution >= 0.6 is 28.3 Å². The van der Waals surface area contributed by atoms with Crippen LogP contribution in [0.3, 0.4) is 0 Å². The van der Waals surface area contributed by atoms with E-state index in [-0.39, 0.29) is 23.7 Å². The van der Waals surface area contributed by atoms with Crippen molar-refractivity contribution in [1.82, 2.24) is 10.6 Å². The highest BCUT2D eigenvalue weighted by molar-refractivity contribution is 9.10. The van der Waals surface area contributed by atoms with Crippen molar-refractivity contribution >= 4 is 34.2 Å². The summed E-state index contributed by atoms with van der Waals surface area (Å²) in [6.45, 7) is 4.77. The minimum Gasteiger partial charge on any atom is -0.351 e. The summed E-state index contributed by atoms with van der Waals surface area (Å²) < 4.78 is 13.8. The number of halogens is 3. The van der Waals surface area contributed by atoms with Gasteiger partial charge in [-0.1, -0.05) is 22.9 Å². The van der Waals surface area contributed by atoms with E-state index in [1.165, 1.54) is 12.1 Å². The molecule has 0 spiro atoms. The highest BCUT2D eigenvalue weighted by atomic mass is 79.9. The van der Waals surface area contributed by atoms with Crippen LogP contribution < -0.4 is 10.6 Å². The molecule has 0 aliphatic carbocycles. The fraction of sp³-hybridized carbons (Fsp3) is 0.500. The van der Waals surface area contributed by atoms with E-state index in [1.54, 1.807) is 6.07 Å². The summed E-state index contributed by atoms with van der Waals surface area (Å²) in [6, 6.07) is 4.22. The van der Waals surface area contributed by atoms with Gasteiger partial charge in [0.05, 0.1) is 0 Å². The first kappa shape index (κ1) is 17.4. The Bertz CT molecular complexity index is 458. The molecule has 1 saturated heterocycles. The lowest BCUT2D eigenvalue weighted by molar-refractivity contribution is 0.0921. The summed E-state index contributed by atoms with van der Waals surface area (Å²) in [5.74, 6) is -0.632. The number of hydrogen-bond donors (Lipinski definition) is 2. The van der Waals surface area contributed by atoms with Gasteiger partial charge in [0.15, 0.2) is 0 Å². The molecule has 3 nitrogen and oxygen atoms in total. The molecule has 0 unspecified atom stereocenters. The van der Waals surface area contributed by atoms with Crippen LogP contribution in [-0.4, -0.2) is 25.5 Å². The zero-order valence-corrected chi connectivity index (χ0v) is 13.7. The van der Waals surface area contributed by atoms with Gasteiger partial charge < -0.3 is 10.6 Å². The van der Waals surface area contributed by atoms with Gasteiger partial charge in [-0.05, 0) is 49.5 Å². The van der Waals surface area contributed by atoms with Gasteiger partial charge in [-0.25, -0.2) is 4.39 Å². The first-order chi connectivity index (χ1) is 8.98. The van der Waals surface area contributed by atoms with Gasteiger partial charge in [0.1, 0.15) is 5.82 Å². The summed E-state index contributed by atoms with van der Waals surface area (Å²) in [4.78, 5) is 12.0. The third kappa shape index (κ3) is 4.72. The molecule has 6 heteroatoms. The van der Waals surface area contributed by atoms with E-state index in [0.717, 1.165) is 25.9 Å². The molecule has 0 radical (unpaired) electrons. The first-order valence-corrected chi connectivity index (χ1v) is 7.23. The molecule has 1 heterocycles. The van der Waals surface area contributed by atoms with Crippen LogP contribution in [0, 0.1) is 11.2 Å². The molecule has 1 amide bonds. The van der Waals surface area contributed by atoms with Crippen molar-refractivity contribution in [2.45, 2.75) is 19.8 Å². The molecule has 20 heavy (non-hydrogen) atoms. The van der Waals surface area contributed by atoms with E-state index in [4.69, 9.17) is 0 Å². The Morgan fingerprint density at radius 1 is 1.40 bits per heavy atom. The van der Waals surface area contributed by atoms with Crippen molar-refractivity contribution in [1.29, 1.82) is 0 Å². The third-order valence-electron chi connectivity index (χ3n) is 3.61. The average molecular weight is 366 g/mol. The van der Waals surface area contributed by atoms with Crippen molar-refractivity contribution in [3.63, 3.8) is 0 Å². The van der Waals surface area contributed by atoms with E-state index in [2.05, 4.69) is 33.5 Å². The average Bonchev–Trinajstić information content (AvgIpc) is 2.36. The molecule has 0 atom stereocenters. The molecule has 1 aromatic rings. The van der Waals surface area contributed by atoms with Crippen molar-refractivity contribution in [2.75, 3.05) is 19.6 Å². The van der Waals surface area contributed by atoms with Crippen LogP contribution in [0.25, 0.3) is 0 Å². The van der Waals surface area contributed by atoms with E-state index in [9.17, 15) is 9.18 Å². The van der Waals surface area contributed by atoms with Crippen LogP contribution in [0.5, 0.6) is 0 Å². The summed E-state index contributed by atoms with van der Waals surface area (Å²) in [6.07, 6.45) is 2.08. The van der Waals surface area contributed by atoms with Crippen LogP contribution in [0.2, 0.25) is 0 Å². The lowest BCUT2D eigenvalue weighted by Gasteiger charge is -2.34. The molecular formula is C14H19BrClFN2O. The predicted octanol–water partition coefficient (Wildman–Crippen LogP) is 3.13. The Morgan fingerprint density at radius 3 is 2.65 bits per heavy atom. The fourth-order valence-electron chi connectivity index (χ4n) is 2.29. The summed E-state index contributed by atoms with van der Waals surface area (Å²) in [5, 5.41) is 6.22. The number of rotatable bonds is 3. The fourth-order valence-corrected chi connectivity index (χ4v) is 2.75.